The van der Waals surface area contributed by atoms with Crippen LogP contribution >= 0.6 is 16.5 Å². The standard InChI is InChI=1S/C28H42F2N2O12P2/c1-2-41-25(34)13-8-3-4-9-20-32-22(15-17-24(32)33)14-16-23(28(29,30)21-11-6-5-7-12-21)42-26(35)31-19-10-18-27(36,43-45(37)38)44-46(39)40/h5-7,11-12,14,16,22-23,36,45-46H,2-4,8-10,13,15,17-20H2,1H3,(H,31,35)(H,37,38)(H,39,40)/b16-14+/t22-,23+/m0/s1. The third kappa shape index (κ3) is 14.0. The highest BCUT2D eigenvalue weighted by atomic mass is 31.1. The Morgan fingerprint density at radius 1 is 1.09 bits per heavy atom. The molecule has 1 aromatic carbocycles. The second-order valence-corrected chi connectivity index (χ2v) is 11.8. The van der Waals surface area contributed by atoms with Gasteiger partial charge >= 0.3 is 34.5 Å². The maximum Gasteiger partial charge on any atom is 0.407 e. The number of alkyl halides is 2. The van der Waals surface area contributed by atoms with Crippen LogP contribution in [0.4, 0.5) is 13.6 Å². The molecule has 1 aliphatic rings. The molecule has 0 aliphatic carbocycles. The number of carbonyl (C=O) groups excluding carboxylic acids is 3. The summed E-state index contributed by atoms with van der Waals surface area (Å²) >= 11 is 0. The number of hydrogen-bond donors (Lipinski definition) is 4. The van der Waals surface area contributed by atoms with Crippen LogP contribution in [0.15, 0.2) is 42.5 Å². The van der Waals surface area contributed by atoms with Crippen LogP contribution in [-0.4, -0.2) is 75.6 Å². The lowest BCUT2D eigenvalue weighted by molar-refractivity contribution is -0.277. The van der Waals surface area contributed by atoms with E-state index in [-0.39, 0.29) is 31.3 Å². The van der Waals surface area contributed by atoms with E-state index in [0.29, 0.717) is 38.8 Å². The second-order valence-electron chi connectivity index (χ2n) is 10.3. The van der Waals surface area contributed by atoms with Crippen LogP contribution < -0.4 is 5.32 Å². The smallest absolute Gasteiger partial charge is 0.407 e. The molecule has 18 heteroatoms. The Morgan fingerprint density at radius 2 is 1.74 bits per heavy atom. The van der Waals surface area contributed by atoms with Crippen molar-refractivity contribution < 1.29 is 65.7 Å². The molecular weight excluding hydrogens is 656 g/mol. The van der Waals surface area contributed by atoms with Crippen molar-refractivity contribution in [1.29, 1.82) is 0 Å². The highest BCUT2D eigenvalue weighted by Gasteiger charge is 2.43. The van der Waals surface area contributed by atoms with Crippen molar-refractivity contribution in [2.24, 2.45) is 0 Å². The molecule has 2 unspecified atom stereocenters. The van der Waals surface area contributed by atoms with E-state index in [1.165, 1.54) is 30.3 Å². The minimum absolute atomic E-state index is 0.128. The van der Waals surface area contributed by atoms with Gasteiger partial charge in [-0.05, 0) is 38.7 Å². The first kappa shape index (κ1) is 39.5. The number of aliphatic hydroxyl groups is 1. The molecule has 0 radical (unpaired) electrons. The van der Waals surface area contributed by atoms with E-state index in [1.807, 2.05) is 0 Å². The number of hydrogen-bond acceptors (Lipinski definition) is 10. The predicted molar refractivity (Wildman–Crippen MR) is 161 cm³/mol. The largest absolute Gasteiger partial charge is 0.466 e. The summed E-state index contributed by atoms with van der Waals surface area (Å²) in [5.41, 5.74) is -0.419. The van der Waals surface area contributed by atoms with Crippen LogP contribution in [-0.2, 0) is 43.2 Å². The second kappa shape index (κ2) is 19.8. The Balaban J connectivity index is 2.03. The van der Waals surface area contributed by atoms with Crippen LogP contribution in [0.3, 0.4) is 0 Å². The number of halogens is 2. The number of likely N-dealkylation sites (tertiary alicyclic amines) is 1. The van der Waals surface area contributed by atoms with Gasteiger partial charge in [-0.3, -0.25) is 27.8 Å². The molecule has 0 saturated carbocycles. The fourth-order valence-electron chi connectivity index (χ4n) is 4.73. The summed E-state index contributed by atoms with van der Waals surface area (Å²) < 4.78 is 71.6. The topological polar surface area (TPSA) is 198 Å². The summed E-state index contributed by atoms with van der Waals surface area (Å²) in [6.45, 7) is 2.13. The molecule has 46 heavy (non-hydrogen) atoms. The number of carbonyl (C=O) groups is 3. The lowest BCUT2D eigenvalue weighted by atomic mass is 10.0. The van der Waals surface area contributed by atoms with Gasteiger partial charge < -0.3 is 34.6 Å². The van der Waals surface area contributed by atoms with Crippen LogP contribution in [0.5, 0.6) is 0 Å². The maximum atomic E-state index is 15.6. The molecule has 0 aromatic heterocycles. The molecule has 0 bridgehead atoms. The zero-order valence-corrected chi connectivity index (χ0v) is 27.4. The number of alkyl carbamates (subject to hydrolysis) is 1. The quantitative estimate of drug-likeness (QED) is 0.0471. The third-order valence-electron chi connectivity index (χ3n) is 6.90. The van der Waals surface area contributed by atoms with Crippen molar-refractivity contribution in [2.45, 2.75) is 88.8 Å². The minimum Gasteiger partial charge on any atom is -0.466 e. The van der Waals surface area contributed by atoms with Gasteiger partial charge in [0.2, 0.25) is 5.91 Å². The summed E-state index contributed by atoms with van der Waals surface area (Å²) in [4.78, 5) is 55.9. The molecule has 260 valence electrons. The van der Waals surface area contributed by atoms with Crippen LogP contribution in [0.2, 0.25) is 0 Å². The normalized spacial score (nSPS) is 18.6. The number of nitrogens with zero attached hydrogens (tertiary/aromatic N) is 1. The van der Waals surface area contributed by atoms with E-state index >= 15 is 8.78 Å². The van der Waals surface area contributed by atoms with Gasteiger partial charge in [-0.2, -0.15) is 8.78 Å². The Kier molecular flexibility index (Phi) is 17.0. The van der Waals surface area contributed by atoms with Crippen LogP contribution in [0.25, 0.3) is 0 Å². The lowest BCUT2D eigenvalue weighted by Gasteiger charge is -2.27. The molecule has 1 aliphatic heterocycles. The Morgan fingerprint density at radius 3 is 2.37 bits per heavy atom. The SMILES string of the molecule is CCOC(=O)CCCCCCN1C(=O)CC[C@@H]1/C=C/[C@@H](OC(=O)NCCCC(O)(O[PH](=O)O)O[PH](=O)O)C(F)(F)c1ccccc1. The van der Waals surface area contributed by atoms with Crippen molar-refractivity contribution >= 4 is 34.5 Å². The summed E-state index contributed by atoms with van der Waals surface area (Å²) in [5.74, 6) is -6.95. The number of nitrogens with one attached hydrogen (secondary N) is 1. The van der Waals surface area contributed by atoms with Gasteiger partial charge in [-0.25, -0.2) is 4.79 Å². The van der Waals surface area contributed by atoms with Crippen LogP contribution in [0, 0.1) is 0 Å². The van der Waals surface area contributed by atoms with E-state index < -0.39 is 58.6 Å². The monoisotopic (exact) mass is 698 g/mol. The molecule has 1 heterocycles. The molecule has 2 amide bonds. The van der Waals surface area contributed by atoms with E-state index in [1.54, 1.807) is 17.9 Å². The van der Waals surface area contributed by atoms with E-state index in [9.17, 15) is 28.6 Å². The molecule has 1 saturated heterocycles. The Bertz CT molecular complexity index is 1190. The number of rotatable bonds is 21. The van der Waals surface area contributed by atoms with Crippen molar-refractivity contribution in [2.75, 3.05) is 19.7 Å². The van der Waals surface area contributed by atoms with Gasteiger partial charge in [0, 0.05) is 37.9 Å². The van der Waals surface area contributed by atoms with Gasteiger partial charge in [0.25, 0.3) is 5.97 Å². The van der Waals surface area contributed by atoms with Crippen molar-refractivity contribution in [3.05, 3.63) is 48.0 Å². The zero-order valence-electron chi connectivity index (χ0n) is 25.4. The molecule has 2 rings (SSSR count). The van der Waals surface area contributed by atoms with Gasteiger partial charge in [-0.1, -0.05) is 49.2 Å². The number of esters is 1. The lowest BCUT2D eigenvalue weighted by Crippen LogP contribution is -2.39. The Labute approximate surface area is 266 Å². The molecule has 4 N–H and O–H groups in total. The molecule has 0 spiro atoms. The van der Waals surface area contributed by atoms with Gasteiger partial charge in [0.15, 0.2) is 6.10 Å². The average molecular weight is 699 g/mol. The number of amides is 2. The van der Waals surface area contributed by atoms with Gasteiger partial charge in [-0.15, -0.1) is 0 Å². The first-order valence-electron chi connectivity index (χ1n) is 14.8. The third-order valence-corrected chi connectivity index (χ3v) is 7.89. The summed E-state index contributed by atoms with van der Waals surface area (Å²) in [5, 5.41) is 12.2. The van der Waals surface area contributed by atoms with Crippen molar-refractivity contribution in [3.63, 3.8) is 0 Å². The highest BCUT2D eigenvalue weighted by molar-refractivity contribution is 7.33. The maximum absolute atomic E-state index is 15.6. The number of benzene rings is 1. The summed E-state index contributed by atoms with van der Waals surface area (Å²) in [7, 11) is -7.57. The Hall–Kier alpha value is -2.71. The molecule has 1 aromatic rings. The van der Waals surface area contributed by atoms with Gasteiger partial charge in [0.05, 0.1) is 12.6 Å². The number of ether oxygens (including phenoxy) is 2. The number of unbranched alkanes of at least 4 members (excludes halogenated alkanes) is 3. The summed E-state index contributed by atoms with van der Waals surface area (Å²) in [6, 6.07) is 6.21. The fourth-order valence-corrected chi connectivity index (χ4v) is 5.64. The average Bonchev–Trinajstić information content (AvgIpc) is 3.33. The first-order chi connectivity index (χ1) is 21.8. The van der Waals surface area contributed by atoms with Crippen molar-refractivity contribution in [3.8, 4) is 0 Å². The van der Waals surface area contributed by atoms with E-state index in [4.69, 9.17) is 19.3 Å². The minimum atomic E-state index is -3.78. The molecule has 14 nitrogen and oxygen atoms in total. The molecular formula is C28H42F2N2O12P2. The summed E-state index contributed by atoms with van der Waals surface area (Å²) in [6.07, 6.45) is 2.00. The zero-order chi connectivity index (χ0) is 34.2. The molecule has 1 fully saturated rings. The van der Waals surface area contributed by atoms with E-state index in [0.717, 1.165) is 18.9 Å². The highest BCUT2D eigenvalue weighted by Crippen LogP contribution is 2.36. The van der Waals surface area contributed by atoms with E-state index in [2.05, 4.69) is 14.4 Å². The van der Waals surface area contributed by atoms with Crippen LogP contribution in [0.1, 0.15) is 70.3 Å². The van der Waals surface area contributed by atoms with Crippen molar-refractivity contribution in [1.82, 2.24) is 10.2 Å². The molecule has 4 atom stereocenters. The first-order valence-corrected chi connectivity index (χ1v) is 17.4. The predicted octanol–water partition coefficient (Wildman–Crippen LogP) is 4.16. The fraction of sp³-hybridized carbons (Fsp3) is 0.607. The van der Waals surface area contributed by atoms with Gasteiger partial charge in [0.1, 0.15) is 0 Å².